The van der Waals surface area contributed by atoms with Crippen molar-refractivity contribution in [2.45, 2.75) is 19.4 Å². The van der Waals surface area contributed by atoms with Gasteiger partial charge in [-0.1, -0.05) is 18.2 Å². The summed E-state index contributed by atoms with van der Waals surface area (Å²) in [4.78, 5) is 4.17. The average molecular weight is 283 g/mol. The molecule has 6 nitrogen and oxygen atoms in total. The van der Waals surface area contributed by atoms with Crippen molar-refractivity contribution in [1.82, 2.24) is 0 Å². The van der Waals surface area contributed by atoms with Gasteiger partial charge in [0.15, 0.2) is 0 Å². The molecule has 0 aliphatic carbocycles. The Morgan fingerprint density at radius 2 is 1.84 bits per heavy atom. The summed E-state index contributed by atoms with van der Waals surface area (Å²) < 4.78 is 22.2. The molecule has 1 rings (SSSR count). The van der Waals surface area contributed by atoms with Gasteiger partial charge in [-0.25, -0.2) is 13.6 Å². The van der Waals surface area contributed by atoms with Crippen LogP contribution in [-0.4, -0.2) is 24.8 Å². The molecule has 1 aromatic rings. The molecule has 0 bridgehead atoms. The third-order valence-electron chi connectivity index (χ3n) is 2.24. The van der Waals surface area contributed by atoms with Gasteiger partial charge < -0.3 is 10.8 Å². The van der Waals surface area contributed by atoms with Crippen LogP contribution in [0.25, 0.3) is 0 Å². The highest BCUT2D eigenvalue weighted by molar-refractivity contribution is 7.93. The van der Waals surface area contributed by atoms with Crippen LogP contribution >= 0.6 is 0 Å². The zero-order chi connectivity index (χ0) is 14.7. The Balaban J connectivity index is 3.30. The van der Waals surface area contributed by atoms with Crippen LogP contribution in [0.15, 0.2) is 46.4 Å². The smallest absolute Gasteiger partial charge is 0.253 e. The van der Waals surface area contributed by atoms with Crippen LogP contribution in [0.5, 0.6) is 0 Å². The SMILES string of the molecule is CC(C)(O)C(C=C(N)S(N)(=O)=O)=Nc1ccccc1. The third-order valence-corrected chi connectivity index (χ3v) is 3.02. The van der Waals surface area contributed by atoms with Gasteiger partial charge in [0.05, 0.1) is 11.4 Å². The molecule has 7 heteroatoms. The van der Waals surface area contributed by atoms with Gasteiger partial charge in [0.25, 0.3) is 10.0 Å². The number of rotatable bonds is 4. The van der Waals surface area contributed by atoms with Gasteiger partial charge in [0.1, 0.15) is 10.6 Å². The molecule has 0 saturated carbocycles. The number of sulfonamides is 1. The molecule has 0 radical (unpaired) electrons. The first-order valence-corrected chi connectivity index (χ1v) is 7.02. The van der Waals surface area contributed by atoms with E-state index in [0.29, 0.717) is 5.69 Å². The van der Waals surface area contributed by atoms with E-state index >= 15 is 0 Å². The minimum Gasteiger partial charge on any atom is -0.388 e. The van der Waals surface area contributed by atoms with Gasteiger partial charge in [-0.2, -0.15) is 0 Å². The van der Waals surface area contributed by atoms with Crippen molar-refractivity contribution in [3.8, 4) is 0 Å². The number of para-hydroxylation sites is 1. The maximum atomic E-state index is 11.1. The van der Waals surface area contributed by atoms with Crippen molar-refractivity contribution in [3.63, 3.8) is 0 Å². The molecule has 0 fully saturated rings. The number of benzene rings is 1. The lowest BCUT2D eigenvalue weighted by molar-refractivity contribution is 0.155. The second-order valence-corrected chi connectivity index (χ2v) is 6.04. The first-order chi connectivity index (χ1) is 8.60. The van der Waals surface area contributed by atoms with E-state index in [0.717, 1.165) is 6.08 Å². The summed E-state index contributed by atoms with van der Waals surface area (Å²) in [6.45, 7) is 2.95. The maximum absolute atomic E-state index is 11.1. The highest BCUT2D eigenvalue weighted by atomic mass is 32.2. The monoisotopic (exact) mass is 283 g/mol. The molecule has 0 aliphatic rings. The number of aliphatic imine (C=N–C) groups is 1. The molecule has 0 amide bonds. The summed E-state index contributed by atoms with van der Waals surface area (Å²) in [5.41, 5.74) is 4.67. The summed E-state index contributed by atoms with van der Waals surface area (Å²) >= 11 is 0. The van der Waals surface area contributed by atoms with Crippen LogP contribution in [0.4, 0.5) is 5.69 Å². The lowest BCUT2D eigenvalue weighted by atomic mass is 10.0. The van der Waals surface area contributed by atoms with E-state index in [1.807, 2.05) is 6.07 Å². The fourth-order valence-corrected chi connectivity index (χ4v) is 1.48. The van der Waals surface area contributed by atoms with Gasteiger partial charge in [-0.05, 0) is 32.1 Å². The second kappa shape index (κ2) is 5.52. The van der Waals surface area contributed by atoms with E-state index in [2.05, 4.69) is 4.99 Å². The highest BCUT2D eigenvalue weighted by Gasteiger charge is 2.21. The summed E-state index contributed by atoms with van der Waals surface area (Å²) in [7, 11) is -4.00. The van der Waals surface area contributed by atoms with Crippen molar-refractivity contribution in [2.75, 3.05) is 0 Å². The molecule has 19 heavy (non-hydrogen) atoms. The number of aliphatic hydroxyl groups is 1. The van der Waals surface area contributed by atoms with Crippen LogP contribution < -0.4 is 10.9 Å². The Labute approximate surface area is 112 Å². The van der Waals surface area contributed by atoms with Gasteiger partial charge in [0, 0.05) is 0 Å². The first kappa shape index (κ1) is 15.4. The van der Waals surface area contributed by atoms with Crippen molar-refractivity contribution in [3.05, 3.63) is 41.4 Å². The van der Waals surface area contributed by atoms with E-state index in [1.165, 1.54) is 13.8 Å². The van der Waals surface area contributed by atoms with E-state index in [1.54, 1.807) is 24.3 Å². The molecule has 104 valence electrons. The van der Waals surface area contributed by atoms with E-state index in [4.69, 9.17) is 10.9 Å². The Morgan fingerprint density at radius 1 is 1.32 bits per heavy atom. The summed E-state index contributed by atoms with van der Waals surface area (Å²) in [6.07, 6.45) is 1.06. The Kier molecular flexibility index (Phi) is 4.46. The van der Waals surface area contributed by atoms with E-state index in [9.17, 15) is 13.5 Å². The topological polar surface area (TPSA) is 119 Å². The summed E-state index contributed by atoms with van der Waals surface area (Å²) in [6, 6.07) is 8.79. The second-order valence-electron chi connectivity index (χ2n) is 4.48. The molecule has 0 aliphatic heterocycles. The van der Waals surface area contributed by atoms with Gasteiger partial charge in [-0.15, -0.1) is 0 Å². The van der Waals surface area contributed by atoms with Gasteiger partial charge in [0.2, 0.25) is 0 Å². The third kappa shape index (κ3) is 4.82. The standard InChI is InChI=1S/C12H17N3O3S/c1-12(2,16)10(8-11(13)19(14,17)18)15-9-6-4-3-5-7-9/h3-8,16H,13H2,1-2H3,(H2,14,17,18). The molecule has 5 N–H and O–H groups in total. The zero-order valence-corrected chi connectivity index (χ0v) is 11.6. The molecule has 0 saturated heterocycles. The lowest BCUT2D eigenvalue weighted by Crippen LogP contribution is -2.32. The average Bonchev–Trinajstić information content (AvgIpc) is 2.27. The fraction of sp³-hybridized carbons (Fsp3) is 0.250. The van der Waals surface area contributed by atoms with Crippen LogP contribution in [0.2, 0.25) is 0 Å². The fourth-order valence-electron chi connectivity index (χ4n) is 1.20. The normalized spacial score (nSPS) is 14.5. The lowest BCUT2D eigenvalue weighted by Gasteiger charge is -2.18. The van der Waals surface area contributed by atoms with E-state index in [-0.39, 0.29) is 5.71 Å². The minimum atomic E-state index is -4.00. The number of nitrogens with zero attached hydrogens (tertiary/aromatic N) is 1. The van der Waals surface area contributed by atoms with Crippen molar-refractivity contribution in [2.24, 2.45) is 15.9 Å². The number of hydrogen-bond donors (Lipinski definition) is 3. The number of primary sulfonamides is 1. The van der Waals surface area contributed by atoms with Crippen molar-refractivity contribution in [1.29, 1.82) is 0 Å². The van der Waals surface area contributed by atoms with E-state index < -0.39 is 20.7 Å². The van der Waals surface area contributed by atoms with Gasteiger partial charge in [-0.3, -0.25) is 4.99 Å². The van der Waals surface area contributed by atoms with Gasteiger partial charge >= 0.3 is 0 Å². The largest absolute Gasteiger partial charge is 0.388 e. The highest BCUT2D eigenvalue weighted by Crippen LogP contribution is 2.16. The molecule has 0 atom stereocenters. The number of nitrogens with two attached hydrogens (primary N) is 2. The minimum absolute atomic E-state index is 0.102. The Bertz CT molecular complexity index is 599. The molecule has 0 aromatic heterocycles. The number of hydrogen-bond acceptors (Lipinski definition) is 5. The molecular weight excluding hydrogens is 266 g/mol. The summed E-state index contributed by atoms with van der Waals surface area (Å²) in [5.74, 6) is 0. The first-order valence-electron chi connectivity index (χ1n) is 5.47. The quantitative estimate of drug-likeness (QED) is 0.702. The maximum Gasteiger partial charge on any atom is 0.253 e. The van der Waals surface area contributed by atoms with Crippen LogP contribution in [-0.2, 0) is 10.0 Å². The predicted molar refractivity (Wildman–Crippen MR) is 75.2 cm³/mol. The van der Waals surface area contributed by atoms with Crippen LogP contribution in [0.3, 0.4) is 0 Å². The van der Waals surface area contributed by atoms with Crippen molar-refractivity contribution < 1.29 is 13.5 Å². The van der Waals surface area contributed by atoms with Crippen LogP contribution in [0.1, 0.15) is 13.8 Å². The summed E-state index contributed by atoms with van der Waals surface area (Å²) in [5, 5.41) is 14.3. The zero-order valence-electron chi connectivity index (χ0n) is 10.7. The molecule has 1 aromatic carbocycles. The molecule has 0 heterocycles. The Morgan fingerprint density at radius 3 is 2.26 bits per heavy atom. The van der Waals surface area contributed by atoms with Crippen LogP contribution in [0, 0.1) is 0 Å². The van der Waals surface area contributed by atoms with Crippen molar-refractivity contribution >= 4 is 21.4 Å². The Hall–Kier alpha value is -1.70. The molecule has 0 unspecified atom stereocenters. The predicted octanol–water partition coefficient (Wildman–Crippen LogP) is 0.619. The molecule has 0 spiro atoms. The molecular formula is C12H17N3O3S.